The lowest BCUT2D eigenvalue weighted by Crippen LogP contribution is -2.45. The number of hydrogen-bond donors (Lipinski definition) is 1. The lowest BCUT2D eigenvalue weighted by atomic mass is 10.1. The number of carbonyl (C=O) groups excluding carboxylic acids is 3. The van der Waals surface area contributed by atoms with Crippen molar-refractivity contribution >= 4 is 18.0 Å². The third-order valence-corrected chi connectivity index (χ3v) is 5.62. The van der Waals surface area contributed by atoms with Crippen LogP contribution in [-0.4, -0.2) is 44.4 Å². The minimum atomic E-state index is -0.864. The summed E-state index contributed by atoms with van der Waals surface area (Å²) in [6.07, 6.45) is -0.701. The molecule has 3 aromatic rings. The highest BCUT2D eigenvalue weighted by Gasteiger charge is 2.26. The second-order valence-electron chi connectivity index (χ2n) is 8.89. The Morgan fingerprint density at radius 3 is 1.97 bits per heavy atom. The van der Waals surface area contributed by atoms with Crippen molar-refractivity contribution in [1.82, 2.24) is 5.32 Å². The SMILES string of the molecule is COc1ccc(COC(=O)c2ccc(OCCOC(=O)[C@@H](NC(=O)OCc3ccccc3)C(C)C)cc2)cc1. The zero-order valence-corrected chi connectivity index (χ0v) is 22.3. The number of ether oxygens (including phenoxy) is 5. The van der Waals surface area contributed by atoms with E-state index in [4.69, 9.17) is 23.7 Å². The number of esters is 2. The molecule has 0 fully saturated rings. The van der Waals surface area contributed by atoms with Gasteiger partial charge in [0.05, 0.1) is 12.7 Å². The van der Waals surface area contributed by atoms with E-state index >= 15 is 0 Å². The van der Waals surface area contributed by atoms with Crippen LogP contribution in [-0.2, 0) is 32.2 Å². The van der Waals surface area contributed by atoms with Gasteiger partial charge in [0, 0.05) is 0 Å². The van der Waals surface area contributed by atoms with Crippen LogP contribution in [0.4, 0.5) is 4.79 Å². The van der Waals surface area contributed by atoms with Crippen LogP contribution in [0.2, 0.25) is 0 Å². The summed E-state index contributed by atoms with van der Waals surface area (Å²) in [7, 11) is 1.59. The molecule has 0 heterocycles. The van der Waals surface area contributed by atoms with Crippen LogP contribution >= 0.6 is 0 Å². The molecule has 0 radical (unpaired) electrons. The van der Waals surface area contributed by atoms with Crippen LogP contribution in [0.1, 0.15) is 35.3 Å². The lowest BCUT2D eigenvalue weighted by molar-refractivity contribution is -0.148. The Hall–Kier alpha value is -4.53. The first-order valence-electron chi connectivity index (χ1n) is 12.5. The number of hydrogen-bond acceptors (Lipinski definition) is 8. The number of amides is 1. The van der Waals surface area contributed by atoms with Crippen molar-refractivity contribution in [2.24, 2.45) is 5.92 Å². The molecular formula is C30H33NO8. The molecule has 1 N–H and O–H groups in total. The average Bonchev–Trinajstić information content (AvgIpc) is 2.96. The minimum absolute atomic E-state index is 0.0194. The number of benzene rings is 3. The molecule has 0 spiro atoms. The zero-order valence-electron chi connectivity index (χ0n) is 22.3. The van der Waals surface area contributed by atoms with Gasteiger partial charge in [-0.25, -0.2) is 14.4 Å². The van der Waals surface area contributed by atoms with Crippen LogP contribution < -0.4 is 14.8 Å². The summed E-state index contributed by atoms with van der Waals surface area (Å²) in [6, 6.07) is 22.1. The fourth-order valence-corrected chi connectivity index (χ4v) is 3.42. The summed E-state index contributed by atoms with van der Waals surface area (Å²) in [5.41, 5.74) is 2.07. The van der Waals surface area contributed by atoms with Crippen molar-refractivity contribution in [1.29, 1.82) is 0 Å². The van der Waals surface area contributed by atoms with Gasteiger partial charge in [0.25, 0.3) is 0 Å². The van der Waals surface area contributed by atoms with Crippen molar-refractivity contribution in [3.8, 4) is 11.5 Å². The van der Waals surface area contributed by atoms with Gasteiger partial charge in [-0.2, -0.15) is 0 Å². The summed E-state index contributed by atoms with van der Waals surface area (Å²) < 4.78 is 26.5. The van der Waals surface area contributed by atoms with Crippen molar-refractivity contribution in [3.05, 3.63) is 95.6 Å². The monoisotopic (exact) mass is 535 g/mol. The Balaban J connectivity index is 1.37. The van der Waals surface area contributed by atoms with E-state index in [9.17, 15) is 14.4 Å². The van der Waals surface area contributed by atoms with Gasteiger partial charge in [-0.3, -0.25) is 0 Å². The first-order valence-corrected chi connectivity index (χ1v) is 12.5. The highest BCUT2D eigenvalue weighted by molar-refractivity contribution is 5.89. The van der Waals surface area contributed by atoms with Gasteiger partial charge in [-0.05, 0) is 53.4 Å². The second kappa shape index (κ2) is 15.0. The number of nitrogens with one attached hydrogen (secondary N) is 1. The third-order valence-electron chi connectivity index (χ3n) is 5.62. The highest BCUT2D eigenvalue weighted by Crippen LogP contribution is 2.15. The molecule has 0 saturated heterocycles. The number of carbonyl (C=O) groups is 3. The summed E-state index contributed by atoms with van der Waals surface area (Å²) in [5.74, 6) is -0.0207. The molecule has 0 aliphatic heterocycles. The van der Waals surface area contributed by atoms with E-state index in [0.29, 0.717) is 11.3 Å². The van der Waals surface area contributed by atoms with Gasteiger partial charge in [-0.15, -0.1) is 0 Å². The van der Waals surface area contributed by atoms with E-state index in [1.807, 2.05) is 42.5 Å². The maximum Gasteiger partial charge on any atom is 0.408 e. The fraction of sp³-hybridized carbons (Fsp3) is 0.300. The molecule has 3 rings (SSSR count). The summed E-state index contributed by atoms with van der Waals surface area (Å²) >= 11 is 0. The normalized spacial score (nSPS) is 11.3. The van der Waals surface area contributed by atoms with E-state index in [2.05, 4.69) is 5.32 Å². The highest BCUT2D eigenvalue weighted by atomic mass is 16.6. The van der Waals surface area contributed by atoms with Gasteiger partial charge in [-0.1, -0.05) is 56.3 Å². The average molecular weight is 536 g/mol. The molecule has 0 aliphatic carbocycles. The Bertz CT molecular complexity index is 1190. The second-order valence-corrected chi connectivity index (χ2v) is 8.89. The van der Waals surface area contributed by atoms with Gasteiger partial charge < -0.3 is 29.0 Å². The minimum Gasteiger partial charge on any atom is -0.497 e. The van der Waals surface area contributed by atoms with E-state index in [0.717, 1.165) is 16.9 Å². The fourth-order valence-electron chi connectivity index (χ4n) is 3.42. The molecule has 39 heavy (non-hydrogen) atoms. The van der Waals surface area contributed by atoms with Crippen molar-refractivity contribution in [3.63, 3.8) is 0 Å². The summed E-state index contributed by atoms with van der Waals surface area (Å²) in [4.78, 5) is 37.0. The van der Waals surface area contributed by atoms with Crippen LogP contribution in [0.15, 0.2) is 78.9 Å². The Morgan fingerprint density at radius 1 is 0.718 bits per heavy atom. The van der Waals surface area contributed by atoms with E-state index in [1.54, 1.807) is 57.4 Å². The van der Waals surface area contributed by atoms with E-state index in [1.165, 1.54) is 0 Å². The molecular weight excluding hydrogens is 502 g/mol. The van der Waals surface area contributed by atoms with Crippen LogP contribution in [0.3, 0.4) is 0 Å². The topological polar surface area (TPSA) is 109 Å². The van der Waals surface area contributed by atoms with Gasteiger partial charge in [0.2, 0.25) is 0 Å². The number of alkyl carbamates (subject to hydrolysis) is 1. The summed E-state index contributed by atoms with van der Waals surface area (Å²) in [6.45, 7) is 3.90. The number of rotatable bonds is 13. The first kappa shape index (κ1) is 29.0. The largest absolute Gasteiger partial charge is 0.497 e. The molecule has 9 heteroatoms. The molecule has 1 atom stereocenters. The molecule has 0 aromatic heterocycles. The predicted octanol–water partition coefficient (Wildman–Crippen LogP) is 4.93. The maximum atomic E-state index is 12.5. The Morgan fingerprint density at radius 2 is 1.33 bits per heavy atom. The molecule has 0 bridgehead atoms. The third kappa shape index (κ3) is 9.70. The molecule has 0 unspecified atom stereocenters. The van der Waals surface area contributed by atoms with E-state index in [-0.39, 0.29) is 32.3 Å². The van der Waals surface area contributed by atoms with Crippen molar-refractivity contribution in [2.45, 2.75) is 33.1 Å². The molecule has 1 amide bonds. The van der Waals surface area contributed by atoms with Crippen LogP contribution in [0.25, 0.3) is 0 Å². The van der Waals surface area contributed by atoms with Gasteiger partial charge in [0.15, 0.2) is 0 Å². The zero-order chi connectivity index (χ0) is 28.0. The van der Waals surface area contributed by atoms with Crippen LogP contribution in [0, 0.1) is 5.92 Å². The quantitative estimate of drug-likeness (QED) is 0.187. The number of methoxy groups -OCH3 is 1. The molecule has 0 saturated carbocycles. The Kier molecular flexibility index (Phi) is 11.2. The molecule has 3 aromatic carbocycles. The molecule has 0 aliphatic rings. The molecule has 9 nitrogen and oxygen atoms in total. The summed E-state index contributed by atoms with van der Waals surface area (Å²) in [5, 5.41) is 2.56. The van der Waals surface area contributed by atoms with Gasteiger partial charge in [0.1, 0.15) is 44.0 Å². The van der Waals surface area contributed by atoms with E-state index < -0.39 is 24.1 Å². The lowest BCUT2D eigenvalue weighted by Gasteiger charge is -2.20. The standard InChI is InChI=1S/C30H33NO8/c1-21(2)27(31-30(34)39-20-22-7-5-4-6-8-22)29(33)37-18-17-36-26-15-11-24(12-16-26)28(32)38-19-23-9-13-25(35-3)14-10-23/h4-16,21,27H,17-20H2,1-3H3,(H,31,34)/t27-/m0/s1. The van der Waals surface area contributed by atoms with Crippen molar-refractivity contribution < 1.29 is 38.1 Å². The Labute approximate surface area is 228 Å². The first-order chi connectivity index (χ1) is 18.9. The molecule has 206 valence electrons. The van der Waals surface area contributed by atoms with Gasteiger partial charge >= 0.3 is 18.0 Å². The smallest absolute Gasteiger partial charge is 0.408 e. The predicted molar refractivity (Wildman–Crippen MR) is 143 cm³/mol. The maximum absolute atomic E-state index is 12.5. The van der Waals surface area contributed by atoms with Crippen LogP contribution in [0.5, 0.6) is 11.5 Å². The van der Waals surface area contributed by atoms with Crippen molar-refractivity contribution in [2.75, 3.05) is 20.3 Å².